The van der Waals surface area contributed by atoms with E-state index in [1.54, 1.807) is 6.20 Å². The van der Waals surface area contributed by atoms with E-state index in [2.05, 4.69) is 10.3 Å². The number of nitrogens with one attached hydrogen (secondary N) is 2. The Morgan fingerprint density at radius 2 is 2.24 bits per heavy atom. The lowest BCUT2D eigenvalue weighted by molar-refractivity contribution is 0.100. The van der Waals surface area contributed by atoms with Gasteiger partial charge in [-0.2, -0.15) is 0 Å². The van der Waals surface area contributed by atoms with Crippen LogP contribution in [0.5, 0.6) is 0 Å². The van der Waals surface area contributed by atoms with Crippen LogP contribution in [-0.2, 0) is 6.54 Å². The van der Waals surface area contributed by atoms with Crippen molar-refractivity contribution in [3.63, 3.8) is 0 Å². The highest BCUT2D eigenvalue weighted by atomic mass is 19.1. The number of carbonyl (C=O) groups is 1. The molecule has 17 heavy (non-hydrogen) atoms. The molecule has 0 aliphatic carbocycles. The van der Waals surface area contributed by atoms with Gasteiger partial charge >= 0.3 is 0 Å². The maximum Gasteiger partial charge on any atom is 0.248 e. The summed E-state index contributed by atoms with van der Waals surface area (Å²) in [5, 5.41) is 2.90. The molecule has 0 fully saturated rings. The van der Waals surface area contributed by atoms with Crippen molar-refractivity contribution in [1.29, 1.82) is 0 Å². The minimum absolute atomic E-state index is 0.260. The number of nitrogens with two attached hydrogens (primary N) is 1. The van der Waals surface area contributed by atoms with E-state index in [4.69, 9.17) is 5.73 Å². The van der Waals surface area contributed by atoms with Crippen LogP contribution in [0.1, 0.15) is 16.1 Å². The Hall–Kier alpha value is -2.30. The summed E-state index contributed by atoms with van der Waals surface area (Å²) in [6.07, 6.45) is 1.78. The number of rotatable bonds is 4. The first kappa shape index (κ1) is 11.2. The van der Waals surface area contributed by atoms with Gasteiger partial charge in [0.15, 0.2) is 0 Å². The highest BCUT2D eigenvalue weighted by Crippen LogP contribution is 2.16. The fourth-order valence-corrected chi connectivity index (χ4v) is 1.48. The van der Waals surface area contributed by atoms with E-state index in [-0.39, 0.29) is 11.3 Å². The molecule has 0 saturated heterocycles. The molecule has 0 saturated carbocycles. The van der Waals surface area contributed by atoms with Gasteiger partial charge in [-0.3, -0.25) is 4.79 Å². The Morgan fingerprint density at radius 3 is 2.88 bits per heavy atom. The molecule has 2 aromatic rings. The molecule has 4 nitrogen and oxygen atoms in total. The van der Waals surface area contributed by atoms with Gasteiger partial charge in [-0.05, 0) is 30.3 Å². The van der Waals surface area contributed by atoms with Gasteiger partial charge in [-0.1, -0.05) is 0 Å². The van der Waals surface area contributed by atoms with Crippen molar-refractivity contribution < 1.29 is 9.18 Å². The third-order valence-electron chi connectivity index (χ3n) is 2.38. The molecule has 1 amide bonds. The lowest BCUT2D eigenvalue weighted by Gasteiger charge is -2.07. The zero-order chi connectivity index (χ0) is 12.3. The summed E-state index contributed by atoms with van der Waals surface area (Å²) < 4.78 is 13.4. The number of amides is 1. The number of hydrogen-bond acceptors (Lipinski definition) is 2. The average Bonchev–Trinajstić information content (AvgIpc) is 2.80. The van der Waals surface area contributed by atoms with Crippen molar-refractivity contribution in [1.82, 2.24) is 4.98 Å². The van der Waals surface area contributed by atoms with Gasteiger partial charge in [0.1, 0.15) is 5.82 Å². The molecular formula is C12H12FN3O. The maximum atomic E-state index is 13.4. The number of primary amides is 1. The Balaban J connectivity index is 2.14. The lowest BCUT2D eigenvalue weighted by atomic mass is 10.2. The second kappa shape index (κ2) is 4.69. The van der Waals surface area contributed by atoms with Crippen molar-refractivity contribution in [3.8, 4) is 0 Å². The summed E-state index contributed by atoms with van der Waals surface area (Å²) in [4.78, 5) is 14.0. The van der Waals surface area contributed by atoms with Crippen LogP contribution in [0.2, 0.25) is 0 Å². The van der Waals surface area contributed by atoms with E-state index in [9.17, 15) is 9.18 Å². The second-order valence-electron chi connectivity index (χ2n) is 3.61. The number of benzene rings is 1. The average molecular weight is 233 g/mol. The Labute approximate surface area is 97.6 Å². The summed E-state index contributed by atoms with van der Waals surface area (Å²) in [6.45, 7) is 0.451. The van der Waals surface area contributed by atoms with Crippen molar-refractivity contribution in [3.05, 3.63) is 53.6 Å². The molecule has 2 rings (SSSR count). The molecule has 1 aromatic carbocycles. The van der Waals surface area contributed by atoms with Crippen LogP contribution in [0.4, 0.5) is 10.1 Å². The Kier molecular flexibility index (Phi) is 3.09. The standard InChI is InChI=1S/C12H12FN3O/c13-10-4-3-8(12(14)17)6-11(10)16-7-9-2-1-5-15-9/h1-6,15-16H,7H2,(H2,14,17). The van der Waals surface area contributed by atoms with Crippen LogP contribution in [0, 0.1) is 5.82 Å². The molecule has 0 atom stereocenters. The van der Waals surface area contributed by atoms with Gasteiger partial charge in [0.25, 0.3) is 0 Å². The summed E-state index contributed by atoms with van der Waals surface area (Å²) in [7, 11) is 0. The Bertz CT molecular complexity index is 523. The summed E-state index contributed by atoms with van der Waals surface area (Å²) in [6, 6.07) is 7.71. The third-order valence-corrected chi connectivity index (χ3v) is 2.38. The normalized spacial score (nSPS) is 10.2. The number of H-pyrrole nitrogens is 1. The van der Waals surface area contributed by atoms with E-state index >= 15 is 0 Å². The predicted octanol–water partition coefficient (Wildman–Crippen LogP) is 1.86. The molecule has 5 heteroatoms. The SMILES string of the molecule is NC(=O)c1ccc(F)c(NCc2ccc[nH]2)c1. The van der Waals surface area contributed by atoms with Gasteiger partial charge in [0.05, 0.1) is 12.2 Å². The summed E-state index contributed by atoms with van der Waals surface area (Å²) in [5.74, 6) is -0.991. The van der Waals surface area contributed by atoms with Crippen molar-refractivity contribution in [2.45, 2.75) is 6.54 Å². The van der Waals surface area contributed by atoms with Crippen LogP contribution in [0.15, 0.2) is 36.5 Å². The zero-order valence-corrected chi connectivity index (χ0v) is 9.03. The van der Waals surface area contributed by atoms with Crippen molar-refractivity contribution >= 4 is 11.6 Å². The number of aromatic nitrogens is 1. The van der Waals surface area contributed by atoms with Crippen LogP contribution in [0.3, 0.4) is 0 Å². The first-order chi connectivity index (χ1) is 8.16. The highest BCUT2D eigenvalue weighted by molar-refractivity contribution is 5.93. The van der Waals surface area contributed by atoms with E-state index < -0.39 is 11.7 Å². The van der Waals surface area contributed by atoms with Crippen LogP contribution < -0.4 is 11.1 Å². The van der Waals surface area contributed by atoms with Crippen LogP contribution >= 0.6 is 0 Å². The number of aromatic amines is 1. The highest BCUT2D eigenvalue weighted by Gasteiger charge is 2.06. The third kappa shape index (κ3) is 2.63. The fraction of sp³-hybridized carbons (Fsp3) is 0.0833. The number of hydrogen-bond donors (Lipinski definition) is 3. The topological polar surface area (TPSA) is 70.9 Å². The lowest BCUT2D eigenvalue weighted by Crippen LogP contribution is -2.12. The molecule has 0 spiro atoms. The van der Waals surface area contributed by atoms with E-state index in [1.807, 2.05) is 12.1 Å². The molecule has 1 heterocycles. The minimum Gasteiger partial charge on any atom is -0.377 e. The van der Waals surface area contributed by atoms with Gasteiger partial charge in [0.2, 0.25) is 5.91 Å². The van der Waals surface area contributed by atoms with E-state index in [0.29, 0.717) is 6.54 Å². The van der Waals surface area contributed by atoms with Crippen LogP contribution in [-0.4, -0.2) is 10.9 Å². The summed E-state index contributed by atoms with van der Waals surface area (Å²) >= 11 is 0. The van der Waals surface area contributed by atoms with Gasteiger partial charge < -0.3 is 16.0 Å². The molecule has 0 aliphatic rings. The quantitative estimate of drug-likeness (QED) is 0.754. The first-order valence-electron chi connectivity index (χ1n) is 5.12. The maximum absolute atomic E-state index is 13.4. The number of halogens is 1. The predicted molar refractivity (Wildman–Crippen MR) is 63.0 cm³/mol. The summed E-state index contributed by atoms with van der Waals surface area (Å²) in [5.41, 5.74) is 6.59. The molecule has 4 N–H and O–H groups in total. The number of carbonyl (C=O) groups excluding carboxylic acids is 1. The largest absolute Gasteiger partial charge is 0.377 e. The first-order valence-corrected chi connectivity index (χ1v) is 5.12. The Morgan fingerprint density at radius 1 is 1.41 bits per heavy atom. The van der Waals surface area contributed by atoms with Crippen LogP contribution in [0.25, 0.3) is 0 Å². The smallest absolute Gasteiger partial charge is 0.248 e. The molecule has 1 aromatic heterocycles. The van der Waals surface area contributed by atoms with Crippen molar-refractivity contribution in [2.75, 3.05) is 5.32 Å². The van der Waals surface area contributed by atoms with E-state index in [1.165, 1.54) is 18.2 Å². The minimum atomic E-state index is -0.576. The van der Waals surface area contributed by atoms with Gasteiger partial charge in [0, 0.05) is 17.5 Å². The van der Waals surface area contributed by atoms with Gasteiger partial charge in [-0.25, -0.2) is 4.39 Å². The molecule has 0 aliphatic heterocycles. The molecule has 0 radical (unpaired) electrons. The molecular weight excluding hydrogens is 221 g/mol. The van der Waals surface area contributed by atoms with E-state index in [0.717, 1.165) is 5.69 Å². The fourth-order valence-electron chi connectivity index (χ4n) is 1.48. The van der Waals surface area contributed by atoms with Crippen molar-refractivity contribution in [2.24, 2.45) is 5.73 Å². The van der Waals surface area contributed by atoms with Gasteiger partial charge in [-0.15, -0.1) is 0 Å². The number of anilines is 1. The molecule has 88 valence electrons. The molecule has 0 unspecified atom stereocenters. The monoisotopic (exact) mass is 233 g/mol. The second-order valence-corrected chi connectivity index (χ2v) is 3.61. The molecule has 0 bridgehead atoms. The zero-order valence-electron chi connectivity index (χ0n) is 9.03.